The summed E-state index contributed by atoms with van der Waals surface area (Å²) in [7, 11) is 1.68. The van der Waals surface area contributed by atoms with E-state index >= 15 is 0 Å². The van der Waals surface area contributed by atoms with Crippen molar-refractivity contribution < 1.29 is 4.74 Å². The highest BCUT2D eigenvalue weighted by Gasteiger charge is 2.40. The number of hydrogen-bond donors (Lipinski definition) is 2. The highest BCUT2D eigenvalue weighted by molar-refractivity contribution is 5.50. The van der Waals surface area contributed by atoms with Gasteiger partial charge >= 0.3 is 0 Å². The van der Waals surface area contributed by atoms with Gasteiger partial charge in [-0.15, -0.1) is 0 Å². The minimum atomic E-state index is 0.103. The van der Waals surface area contributed by atoms with Gasteiger partial charge in [0.25, 0.3) is 0 Å². The smallest absolute Gasteiger partial charge is 0.120 e. The van der Waals surface area contributed by atoms with Crippen LogP contribution in [0.5, 0.6) is 5.75 Å². The van der Waals surface area contributed by atoms with Crippen LogP contribution in [0.15, 0.2) is 24.3 Å². The van der Waals surface area contributed by atoms with Gasteiger partial charge in [0.1, 0.15) is 5.75 Å². The Kier molecular flexibility index (Phi) is 3.06. The van der Waals surface area contributed by atoms with E-state index in [0.29, 0.717) is 6.54 Å². The van der Waals surface area contributed by atoms with E-state index in [1.54, 1.807) is 7.11 Å². The van der Waals surface area contributed by atoms with Crippen LogP contribution < -0.4 is 15.8 Å². The second-order valence-electron chi connectivity index (χ2n) is 4.85. The molecule has 16 heavy (non-hydrogen) atoms. The van der Waals surface area contributed by atoms with Crippen molar-refractivity contribution in [3.05, 3.63) is 24.3 Å². The van der Waals surface area contributed by atoms with E-state index in [2.05, 4.69) is 18.3 Å². The molecule has 0 saturated heterocycles. The Hall–Kier alpha value is -1.22. The summed E-state index contributed by atoms with van der Waals surface area (Å²) in [6, 6.07) is 8.01. The normalized spacial score (nSPS) is 28.3. The van der Waals surface area contributed by atoms with Gasteiger partial charge in [-0.05, 0) is 30.9 Å². The van der Waals surface area contributed by atoms with Gasteiger partial charge in [-0.3, -0.25) is 0 Å². The fraction of sp³-hybridized carbons (Fsp3) is 0.538. The first-order chi connectivity index (χ1) is 7.67. The van der Waals surface area contributed by atoms with Crippen molar-refractivity contribution in [1.82, 2.24) is 0 Å². The molecule has 0 aliphatic heterocycles. The Morgan fingerprint density at radius 1 is 1.50 bits per heavy atom. The van der Waals surface area contributed by atoms with Crippen LogP contribution in [0.4, 0.5) is 5.69 Å². The molecule has 3 N–H and O–H groups in total. The number of hydrogen-bond acceptors (Lipinski definition) is 3. The maximum absolute atomic E-state index is 5.86. The summed E-state index contributed by atoms with van der Waals surface area (Å²) >= 11 is 0. The molecule has 0 unspecified atom stereocenters. The Morgan fingerprint density at radius 2 is 2.25 bits per heavy atom. The molecule has 1 aliphatic rings. The van der Waals surface area contributed by atoms with E-state index in [4.69, 9.17) is 10.5 Å². The molecule has 0 spiro atoms. The highest BCUT2D eigenvalue weighted by Crippen LogP contribution is 2.39. The largest absolute Gasteiger partial charge is 0.497 e. The Morgan fingerprint density at radius 3 is 2.81 bits per heavy atom. The van der Waals surface area contributed by atoms with E-state index in [0.717, 1.165) is 30.2 Å². The van der Waals surface area contributed by atoms with Crippen LogP contribution in [0.25, 0.3) is 0 Å². The maximum atomic E-state index is 5.86. The van der Waals surface area contributed by atoms with Crippen LogP contribution >= 0.6 is 0 Å². The summed E-state index contributed by atoms with van der Waals surface area (Å²) < 4.78 is 5.20. The molecule has 0 radical (unpaired) electrons. The van der Waals surface area contributed by atoms with Gasteiger partial charge in [-0.2, -0.15) is 0 Å². The molecule has 88 valence electrons. The van der Waals surface area contributed by atoms with Crippen molar-refractivity contribution in [2.45, 2.75) is 25.3 Å². The van der Waals surface area contributed by atoms with Crippen molar-refractivity contribution in [3.8, 4) is 5.75 Å². The first kappa shape index (κ1) is 11.3. The Labute approximate surface area is 97.0 Å². The number of nitrogens with two attached hydrogens (primary N) is 1. The molecule has 1 fully saturated rings. The Balaban J connectivity index is 2.07. The molecule has 0 atom stereocenters. The van der Waals surface area contributed by atoms with Gasteiger partial charge in [0.05, 0.1) is 12.6 Å². The number of nitrogens with one attached hydrogen (secondary N) is 1. The SMILES string of the molecule is COc1cccc(NC2(CN)CC(C)C2)c1. The molecule has 1 aliphatic carbocycles. The molecule has 1 saturated carbocycles. The average molecular weight is 220 g/mol. The topological polar surface area (TPSA) is 47.3 Å². The average Bonchev–Trinajstić information content (AvgIpc) is 2.27. The second kappa shape index (κ2) is 4.34. The monoisotopic (exact) mass is 220 g/mol. The maximum Gasteiger partial charge on any atom is 0.120 e. The lowest BCUT2D eigenvalue weighted by molar-refractivity contribution is 0.194. The van der Waals surface area contributed by atoms with E-state index in [-0.39, 0.29) is 5.54 Å². The summed E-state index contributed by atoms with van der Waals surface area (Å²) in [5.74, 6) is 1.66. The van der Waals surface area contributed by atoms with Crippen LogP contribution in [-0.4, -0.2) is 19.2 Å². The van der Waals surface area contributed by atoms with E-state index in [1.807, 2.05) is 18.2 Å². The van der Waals surface area contributed by atoms with Crippen molar-refractivity contribution >= 4 is 5.69 Å². The number of methoxy groups -OCH3 is 1. The molecule has 1 aromatic rings. The lowest BCUT2D eigenvalue weighted by Gasteiger charge is -2.47. The number of anilines is 1. The quantitative estimate of drug-likeness (QED) is 0.818. The van der Waals surface area contributed by atoms with Crippen LogP contribution in [0.3, 0.4) is 0 Å². The van der Waals surface area contributed by atoms with Crippen LogP contribution in [0.1, 0.15) is 19.8 Å². The van der Waals surface area contributed by atoms with Crippen LogP contribution in [-0.2, 0) is 0 Å². The summed E-state index contributed by atoms with van der Waals surface area (Å²) in [5.41, 5.74) is 7.05. The van der Waals surface area contributed by atoms with Gasteiger partial charge in [0.15, 0.2) is 0 Å². The zero-order valence-corrected chi connectivity index (χ0v) is 9.99. The third-order valence-corrected chi connectivity index (χ3v) is 3.35. The molecule has 0 bridgehead atoms. The third kappa shape index (κ3) is 2.14. The van der Waals surface area contributed by atoms with Gasteiger partial charge in [0, 0.05) is 18.3 Å². The van der Waals surface area contributed by atoms with Crippen LogP contribution in [0.2, 0.25) is 0 Å². The Bertz CT molecular complexity index is 359. The number of benzene rings is 1. The van der Waals surface area contributed by atoms with Crippen molar-refractivity contribution in [2.75, 3.05) is 19.0 Å². The summed E-state index contributed by atoms with van der Waals surface area (Å²) in [6.07, 6.45) is 2.31. The molecule has 1 aromatic carbocycles. The molecule has 3 heteroatoms. The number of rotatable bonds is 4. The first-order valence-corrected chi connectivity index (χ1v) is 5.80. The highest BCUT2D eigenvalue weighted by atomic mass is 16.5. The third-order valence-electron chi connectivity index (χ3n) is 3.35. The zero-order valence-electron chi connectivity index (χ0n) is 9.99. The number of ether oxygens (including phenoxy) is 1. The molecule has 0 aromatic heterocycles. The molecular weight excluding hydrogens is 200 g/mol. The van der Waals surface area contributed by atoms with E-state index in [9.17, 15) is 0 Å². The van der Waals surface area contributed by atoms with Gasteiger partial charge in [0.2, 0.25) is 0 Å². The molecule has 0 amide bonds. The molecule has 2 rings (SSSR count). The second-order valence-corrected chi connectivity index (χ2v) is 4.85. The van der Waals surface area contributed by atoms with Crippen molar-refractivity contribution in [2.24, 2.45) is 11.7 Å². The standard InChI is InChI=1S/C13H20N2O/c1-10-7-13(8-10,9-14)15-11-4-3-5-12(6-11)16-2/h3-6,10,15H,7-9,14H2,1-2H3. The first-order valence-electron chi connectivity index (χ1n) is 5.80. The predicted molar refractivity (Wildman–Crippen MR) is 66.8 cm³/mol. The molecule has 0 heterocycles. The summed E-state index contributed by atoms with van der Waals surface area (Å²) in [5, 5.41) is 3.54. The van der Waals surface area contributed by atoms with Crippen LogP contribution in [0, 0.1) is 5.92 Å². The fourth-order valence-corrected chi connectivity index (χ4v) is 2.60. The molecular formula is C13H20N2O. The van der Waals surface area contributed by atoms with Gasteiger partial charge < -0.3 is 15.8 Å². The lowest BCUT2D eigenvalue weighted by atomic mass is 9.69. The molecule has 3 nitrogen and oxygen atoms in total. The lowest BCUT2D eigenvalue weighted by Crippen LogP contribution is -2.54. The zero-order chi connectivity index (χ0) is 11.6. The van der Waals surface area contributed by atoms with E-state index in [1.165, 1.54) is 0 Å². The van der Waals surface area contributed by atoms with E-state index < -0.39 is 0 Å². The van der Waals surface area contributed by atoms with Gasteiger partial charge in [-0.1, -0.05) is 13.0 Å². The summed E-state index contributed by atoms with van der Waals surface area (Å²) in [4.78, 5) is 0. The minimum absolute atomic E-state index is 0.103. The predicted octanol–water partition coefficient (Wildman–Crippen LogP) is 2.23. The summed E-state index contributed by atoms with van der Waals surface area (Å²) in [6.45, 7) is 2.95. The fourth-order valence-electron chi connectivity index (χ4n) is 2.60. The minimum Gasteiger partial charge on any atom is -0.497 e. The van der Waals surface area contributed by atoms with Crippen molar-refractivity contribution in [3.63, 3.8) is 0 Å². The van der Waals surface area contributed by atoms with Gasteiger partial charge in [-0.25, -0.2) is 0 Å². The van der Waals surface area contributed by atoms with Crippen molar-refractivity contribution in [1.29, 1.82) is 0 Å².